The van der Waals surface area contributed by atoms with Crippen LogP contribution in [0.5, 0.6) is 0 Å². The van der Waals surface area contributed by atoms with Gasteiger partial charge in [-0.15, -0.1) is 0 Å². The Balaban J connectivity index is 2.29. The van der Waals surface area contributed by atoms with Crippen molar-refractivity contribution < 1.29 is 5.11 Å². The minimum absolute atomic E-state index is 0.485. The first-order valence-corrected chi connectivity index (χ1v) is 6.55. The maximum atomic E-state index is 10.2. The highest BCUT2D eigenvalue weighted by Gasteiger charge is 2.25. The molecule has 90 valence electrons. The van der Waals surface area contributed by atoms with Gasteiger partial charge in [-0.25, -0.2) is 0 Å². The maximum Gasteiger partial charge on any atom is 0.0766 e. The van der Waals surface area contributed by atoms with Crippen molar-refractivity contribution in [1.29, 1.82) is 0 Å². The van der Waals surface area contributed by atoms with Crippen LogP contribution in [0.4, 0.5) is 0 Å². The van der Waals surface area contributed by atoms with E-state index in [1.807, 2.05) is 0 Å². The molecule has 2 heteroatoms. The molecule has 0 aromatic carbocycles. The molecule has 0 saturated heterocycles. The minimum atomic E-state index is -0.485. The summed E-state index contributed by atoms with van der Waals surface area (Å²) >= 11 is 0. The Morgan fingerprint density at radius 3 is 2.47 bits per heavy atom. The summed E-state index contributed by atoms with van der Waals surface area (Å²) in [5.41, 5.74) is -0.485. The lowest BCUT2D eigenvalue weighted by Gasteiger charge is -2.32. The van der Waals surface area contributed by atoms with Crippen LogP contribution in [-0.2, 0) is 0 Å². The lowest BCUT2D eigenvalue weighted by molar-refractivity contribution is 0.0278. The second kappa shape index (κ2) is 5.86. The van der Waals surface area contributed by atoms with Crippen molar-refractivity contribution in [2.75, 3.05) is 6.54 Å². The van der Waals surface area contributed by atoms with Crippen LogP contribution >= 0.6 is 0 Å². The molecule has 1 rings (SSSR count). The monoisotopic (exact) mass is 213 g/mol. The first-order chi connectivity index (χ1) is 7.09. The molecule has 0 radical (unpaired) electrons. The second-order valence-electron chi connectivity index (χ2n) is 5.28. The molecule has 2 N–H and O–H groups in total. The van der Waals surface area contributed by atoms with Gasteiger partial charge in [-0.05, 0) is 31.6 Å². The molecule has 2 unspecified atom stereocenters. The third-order valence-corrected chi connectivity index (χ3v) is 3.97. The first-order valence-electron chi connectivity index (χ1n) is 6.55. The summed E-state index contributed by atoms with van der Waals surface area (Å²) in [7, 11) is 0. The fourth-order valence-corrected chi connectivity index (χ4v) is 2.45. The lowest BCUT2D eigenvalue weighted by Crippen LogP contribution is -2.45. The molecule has 0 amide bonds. The van der Waals surface area contributed by atoms with Crippen LogP contribution < -0.4 is 5.32 Å². The highest BCUT2D eigenvalue weighted by Crippen LogP contribution is 2.24. The van der Waals surface area contributed by atoms with Crippen molar-refractivity contribution in [2.24, 2.45) is 5.92 Å². The Kier molecular flexibility index (Phi) is 5.07. The smallest absolute Gasteiger partial charge is 0.0766 e. The van der Waals surface area contributed by atoms with Gasteiger partial charge in [0, 0.05) is 12.6 Å². The molecule has 1 saturated carbocycles. The SMILES string of the molecule is CCC(O)(CC)CNC1CCCC(C)C1. The van der Waals surface area contributed by atoms with E-state index < -0.39 is 5.60 Å². The normalized spacial score (nSPS) is 28.0. The Hall–Kier alpha value is -0.0800. The van der Waals surface area contributed by atoms with Crippen molar-refractivity contribution in [3.05, 3.63) is 0 Å². The Morgan fingerprint density at radius 2 is 1.93 bits per heavy atom. The van der Waals surface area contributed by atoms with Gasteiger partial charge in [0.05, 0.1) is 5.60 Å². The summed E-state index contributed by atoms with van der Waals surface area (Å²) in [6.07, 6.45) is 6.98. The fourth-order valence-electron chi connectivity index (χ4n) is 2.45. The molecule has 0 bridgehead atoms. The van der Waals surface area contributed by atoms with E-state index in [-0.39, 0.29) is 0 Å². The van der Waals surface area contributed by atoms with E-state index in [0.29, 0.717) is 6.04 Å². The molecule has 2 atom stereocenters. The lowest BCUT2D eigenvalue weighted by atomic mass is 9.86. The van der Waals surface area contributed by atoms with E-state index in [4.69, 9.17) is 0 Å². The van der Waals surface area contributed by atoms with E-state index in [1.165, 1.54) is 25.7 Å². The average Bonchev–Trinajstić information content (AvgIpc) is 2.26. The van der Waals surface area contributed by atoms with Crippen LogP contribution in [0.2, 0.25) is 0 Å². The van der Waals surface area contributed by atoms with Crippen molar-refractivity contribution in [2.45, 2.75) is 70.9 Å². The number of aliphatic hydroxyl groups is 1. The zero-order valence-corrected chi connectivity index (χ0v) is 10.6. The highest BCUT2D eigenvalue weighted by molar-refractivity contribution is 4.82. The van der Waals surface area contributed by atoms with E-state index >= 15 is 0 Å². The average molecular weight is 213 g/mol. The molecular formula is C13H27NO. The molecule has 0 aromatic heterocycles. The predicted molar refractivity (Wildman–Crippen MR) is 65.0 cm³/mol. The number of nitrogens with one attached hydrogen (secondary N) is 1. The molecule has 1 aliphatic carbocycles. The minimum Gasteiger partial charge on any atom is -0.389 e. The van der Waals surface area contributed by atoms with Gasteiger partial charge in [-0.2, -0.15) is 0 Å². The van der Waals surface area contributed by atoms with Crippen molar-refractivity contribution in [3.63, 3.8) is 0 Å². The number of hydrogen-bond acceptors (Lipinski definition) is 2. The van der Waals surface area contributed by atoms with Gasteiger partial charge in [0.1, 0.15) is 0 Å². The molecule has 0 aromatic rings. The summed E-state index contributed by atoms with van der Waals surface area (Å²) in [6, 6.07) is 0.637. The van der Waals surface area contributed by atoms with Gasteiger partial charge >= 0.3 is 0 Å². The van der Waals surface area contributed by atoms with E-state index in [2.05, 4.69) is 26.1 Å². The molecule has 0 heterocycles. The van der Waals surface area contributed by atoms with E-state index in [9.17, 15) is 5.11 Å². The van der Waals surface area contributed by atoms with Crippen LogP contribution in [0.3, 0.4) is 0 Å². The Morgan fingerprint density at radius 1 is 1.27 bits per heavy atom. The number of hydrogen-bond donors (Lipinski definition) is 2. The van der Waals surface area contributed by atoms with Crippen LogP contribution in [0.15, 0.2) is 0 Å². The van der Waals surface area contributed by atoms with Gasteiger partial charge in [-0.1, -0.05) is 33.6 Å². The largest absolute Gasteiger partial charge is 0.389 e. The molecule has 15 heavy (non-hydrogen) atoms. The summed E-state index contributed by atoms with van der Waals surface area (Å²) < 4.78 is 0. The van der Waals surface area contributed by atoms with E-state index in [1.54, 1.807) is 0 Å². The van der Waals surface area contributed by atoms with Crippen LogP contribution in [0.1, 0.15) is 59.3 Å². The summed E-state index contributed by atoms with van der Waals surface area (Å²) in [4.78, 5) is 0. The van der Waals surface area contributed by atoms with Crippen LogP contribution in [0.25, 0.3) is 0 Å². The third-order valence-electron chi connectivity index (χ3n) is 3.97. The van der Waals surface area contributed by atoms with Crippen LogP contribution in [0, 0.1) is 5.92 Å². The summed E-state index contributed by atoms with van der Waals surface area (Å²) in [6.45, 7) is 7.22. The third kappa shape index (κ3) is 4.12. The van der Waals surface area contributed by atoms with Gasteiger partial charge in [0.25, 0.3) is 0 Å². The molecule has 2 nitrogen and oxygen atoms in total. The van der Waals surface area contributed by atoms with Crippen LogP contribution in [-0.4, -0.2) is 23.3 Å². The molecule has 1 fully saturated rings. The van der Waals surface area contributed by atoms with Crippen molar-refractivity contribution in [1.82, 2.24) is 5.32 Å². The van der Waals surface area contributed by atoms with Gasteiger partial charge in [0.2, 0.25) is 0 Å². The zero-order chi connectivity index (χ0) is 11.3. The molecule has 0 spiro atoms. The zero-order valence-electron chi connectivity index (χ0n) is 10.6. The van der Waals surface area contributed by atoms with Gasteiger partial charge in [-0.3, -0.25) is 0 Å². The summed E-state index contributed by atoms with van der Waals surface area (Å²) in [5.74, 6) is 0.854. The number of rotatable bonds is 5. The fraction of sp³-hybridized carbons (Fsp3) is 1.00. The van der Waals surface area contributed by atoms with E-state index in [0.717, 1.165) is 25.3 Å². The van der Waals surface area contributed by atoms with Gasteiger partial charge in [0.15, 0.2) is 0 Å². The van der Waals surface area contributed by atoms with Gasteiger partial charge < -0.3 is 10.4 Å². The quantitative estimate of drug-likeness (QED) is 0.736. The van der Waals surface area contributed by atoms with Crippen molar-refractivity contribution >= 4 is 0 Å². The van der Waals surface area contributed by atoms with Crippen molar-refractivity contribution in [3.8, 4) is 0 Å². The maximum absolute atomic E-state index is 10.2. The second-order valence-corrected chi connectivity index (χ2v) is 5.28. The first kappa shape index (κ1) is 13.0. The predicted octanol–water partition coefficient (Wildman–Crippen LogP) is 2.71. The standard InChI is InChI=1S/C13H27NO/c1-4-13(15,5-2)10-14-12-8-6-7-11(3)9-12/h11-12,14-15H,4-10H2,1-3H3. The Bertz CT molecular complexity index is 177. The topological polar surface area (TPSA) is 32.3 Å². The molecule has 1 aliphatic rings. The Labute approximate surface area is 94.5 Å². The summed E-state index contributed by atoms with van der Waals surface area (Å²) in [5, 5.41) is 13.7. The highest BCUT2D eigenvalue weighted by atomic mass is 16.3. The molecular weight excluding hydrogens is 186 g/mol. The molecule has 0 aliphatic heterocycles.